The van der Waals surface area contributed by atoms with Crippen LogP contribution in [-0.4, -0.2) is 40.7 Å². The molecular formula is C22H18Cl2N2O4S2. The van der Waals surface area contributed by atoms with Gasteiger partial charge in [0, 0.05) is 13.0 Å². The largest absolute Gasteiger partial charge is 0.465 e. The number of hydrogen-bond donors (Lipinski definition) is 1. The lowest BCUT2D eigenvalue weighted by molar-refractivity contribution is -0.122. The van der Waals surface area contributed by atoms with Crippen molar-refractivity contribution in [3.63, 3.8) is 0 Å². The van der Waals surface area contributed by atoms with Gasteiger partial charge in [0.15, 0.2) is 0 Å². The van der Waals surface area contributed by atoms with Gasteiger partial charge in [0.2, 0.25) is 5.91 Å². The van der Waals surface area contributed by atoms with E-state index in [1.165, 1.54) is 23.8 Å². The first-order valence-electron chi connectivity index (χ1n) is 9.47. The highest BCUT2D eigenvalue weighted by Gasteiger charge is 2.31. The Morgan fingerprint density at radius 1 is 1.19 bits per heavy atom. The van der Waals surface area contributed by atoms with Gasteiger partial charge < -0.3 is 10.1 Å². The van der Waals surface area contributed by atoms with Crippen LogP contribution in [0.4, 0.5) is 5.69 Å². The summed E-state index contributed by atoms with van der Waals surface area (Å²) in [6, 6.07) is 11.7. The molecule has 1 N–H and O–H groups in total. The SMILES string of the molecule is COC(=O)c1ccc(/C=C2\SC(=S)N(CCCC(=O)Nc3cccc(Cl)c3Cl)C2=O)cc1. The van der Waals surface area contributed by atoms with Crippen LogP contribution >= 0.6 is 47.2 Å². The molecule has 1 fully saturated rings. The number of halogens is 2. The number of methoxy groups -OCH3 is 1. The predicted octanol–water partition coefficient (Wildman–Crippen LogP) is 5.40. The number of nitrogens with zero attached hydrogens (tertiary/aromatic N) is 1. The molecule has 1 aliphatic rings. The van der Waals surface area contributed by atoms with Crippen LogP contribution in [0.2, 0.25) is 10.0 Å². The van der Waals surface area contributed by atoms with Crippen molar-refractivity contribution in [1.82, 2.24) is 4.90 Å². The molecule has 0 saturated carbocycles. The number of benzene rings is 2. The second-order valence-corrected chi connectivity index (χ2v) is 9.16. The molecule has 0 unspecified atom stereocenters. The molecule has 0 atom stereocenters. The third-order valence-corrected chi connectivity index (χ3v) is 6.71. The summed E-state index contributed by atoms with van der Waals surface area (Å²) in [6.45, 7) is 0.319. The molecule has 2 amide bonds. The van der Waals surface area contributed by atoms with Gasteiger partial charge in [-0.3, -0.25) is 14.5 Å². The smallest absolute Gasteiger partial charge is 0.337 e. The standard InChI is InChI=1S/C22H18Cl2N2O4S2/c1-30-21(29)14-9-7-13(8-10-14)12-17-20(28)26(22(31)32-17)11-3-6-18(27)25-16-5-2-4-15(23)19(16)24/h2,4-5,7-10,12H,3,6,11H2,1H3,(H,25,27)/b17-12-. The number of hydrogen-bond acceptors (Lipinski definition) is 6. The van der Waals surface area contributed by atoms with E-state index in [-0.39, 0.29) is 23.3 Å². The number of nitrogens with one attached hydrogen (secondary N) is 1. The molecule has 10 heteroatoms. The average Bonchev–Trinajstić information content (AvgIpc) is 3.04. The van der Waals surface area contributed by atoms with Crippen molar-refractivity contribution in [2.24, 2.45) is 0 Å². The van der Waals surface area contributed by atoms with E-state index in [0.717, 1.165) is 5.56 Å². The molecule has 1 saturated heterocycles. The molecule has 1 aliphatic heterocycles. The lowest BCUT2D eigenvalue weighted by atomic mass is 10.1. The van der Waals surface area contributed by atoms with Crippen molar-refractivity contribution in [1.29, 1.82) is 0 Å². The van der Waals surface area contributed by atoms with Crippen molar-refractivity contribution in [3.8, 4) is 0 Å². The molecule has 32 heavy (non-hydrogen) atoms. The molecule has 2 aromatic carbocycles. The lowest BCUT2D eigenvalue weighted by Gasteiger charge is -2.14. The van der Waals surface area contributed by atoms with Gasteiger partial charge >= 0.3 is 5.97 Å². The van der Waals surface area contributed by atoms with Crippen molar-refractivity contribution in [2.45, 2.75) is 12.8 Å². The van der Waals surface area contributed by atoms with Crippen LogP contribution in [0, 0.1) is 0 Å². The van der Waals surface area contributed by atoms with E-state index >= 15 is 0 Å². The minimum Gasteiger partial charge on any atom is -0.465 e. The van der Waals surface area contributed by atoms with E-state index in [4.69, 9.17) is 35.4 Å². The Hall–Kier alpha value is -2.39. The van der Waals surface area contributed by atoms with Crippen molar-refractivity contribution in [2.75, 3.05) is 19.0 Å². The maximum atomic E-state index is 12.7. The Kier molecular flexibility index (Phi) is 8.31. The van der Waals surface area contributed by atoms with Crippen molar-refractivity contribution >= 4 is 81.0 Å². The van der Waals surface area contributed by atoms with Crippen LogP contribution in [0.5, 0.6) is 0 Å². The van der Waals surface area contributed by atoms with Crippen molar-refractivity contribution < 1.29 is 19.1 Å². The molecule has 0 aromatic heterocycles. The molecule has 6 nitrogen and oxygen atoms in total. The number of esters is 1. The van der Waals surface area contributed by atoms with E-state index in [2.05, 4.69) is 10.1 Å². The molecule has 2 aromatic rings. The number of amides is 2. The van der Waals surface area contributed by atoms with Gasteiger partial charge in [0.05, 0.1) is 33.3 Å². The molecule has 0 spiro atoms. The van der Waals surface area contributed by atoms with E-state index < -0.39 is 5.97 Å². The molecule has 3 rings (SSSR count). The van der Waals surface area contributed by atoms with E-state index in [9.17, 15) is 14.4 Å². The van der Waals surface area contributed by atoms with Crippen LogP contribution in [-0.2, 0) is 14.3 Å². The van der Waals surface area contributed by atoms with Gasteiger partial charge in [-0.1, -0.05) is 65.4 Å². The first-order chi connectivity index (χ1) is 15.3. The van der Waals surface area contributed by atoms with Gasteiger partial charge in [-0.25, -0.2) is 4.79 Å². The van der Waals surface area contributed by atoms with Gasteiger partial charge in [0.25, 0.3) is 5.91 Å². The number of anilines is 1. The normalized spacial score (nSPS) is 14.7. The van der Waals surface area contributed by atoms with E-state index in [0.29, 0.717) is 38.5 Å². The summed E-state index contributed by atoms with van der Waals surface area (Å²) in [7, 11) is 1.32. The Balaban J connectivity index is 1.55. The fourth-order valence-corrected chi connectivity index (χ4v) is 4.54. The summed E-state index contributed by atoms with van der Waals surface area (Å²) in [6.07, 6.45) is 2.33. The predicted molar refractivity (Wildman–Crippen MR) is 132 cm³/mol. The quantitative estimate of drug-likeness (QED) is 0.306. The third kappa shape index (κ3) is 5.89. The maximum absolute atomic E-state index is 12.7. The highest BCUT2D eigenvalue weighted by Crippen LogP contribution is 2.33. The molecular weight excluding hydrogens is 491 g/mol. The van der Waals surface area contributed by atoms with Crippen LogP contribution < -0.4 is 5.32 Å². The minimum absolute atomic E-state index is 0.188. The molecule has 166 valence electrons. The van der Waals surface area contributed by atoms with Crippen LogP contribution in [0.25, 0.3) is 6.08 Å². The first kappa shape index (κ1) is 24.3. The Morgan fingerprint density at radius 3 is 2.59 bits per heavy atom. The van der Waals surface area contributed by atoms with Crippen LogP contribution in [0.1, 0.15) is 28.8 Å². The summed E-state index contributed by atoms with van der Waals surface area (Å²) < 4.78 is 5.11. The number of carbonyl (C=O) groups is 3. The Morgan fingerprint density at radius 2 is 1.91 bits per heavy atom. The topological polar surface area (TPSA) is 75.7 Å². The van der Waals surface area contributed by atoms with Gasteiger partial charge in [-0.05, 0) is 42.3 Å². The number of thioether (sulfide) groups is 1. The fraction of sp³-hybridized carbons (Fsp3) is 0.182. The number of ether oxygens (including phenoxy) is 1. The van der Waals surface area contributed by atoms with Crippen LogP contribution in [0.3, 0.4) is 0 Å². The molecule has 0 radical (unpaired) electrons. The molecule has 0 aliphatic carbocycles. The summed E-state index contributed by atoms with van der Waals surface area (Å²) in [5, 5.41) is 3.35. The van der Waals surface area contributed by atoms with Crippen LogP contribution in [0.15, 0.2) is 47.4 Å². The van der Waals surface area contributed by atoms with E-state index in [1.54, 1.807) is 48.5 Å². The molecule has 0 bridgehead atoms. The zero-order valence-electron chi connectivity index (χ0n) is 16.9. The second kappa shape index (κ2) is 11.0. The van der Waals surface area contributed by atoms with E-state index in [1.807, 2.05) is 0 Å². The second-order valence-electron chi connectivity index (χ2n) is 6.70. The molecule has 1 heterocycles. The summed E-state index contributed by atoms with van der Waals surface area (Å²) in [5.74, 6) is -0.874. The zero-order valence-corrected chi connectivity index (χ0v) is 20.0. The van der Waals surface area contributed by atoms with Gasteiger partial charge in [-0.2, -0.15) is 0 Å². The summed E-state index contributed by atoms with van der Waals surface area (Å²) in [4.78, 5) is 38.4. The number of rotatable bonds is 7. The third-order valence-electron chi connectivity index (χ3n) is 4.51. The highest BCUT2D eigenvalue weighted by molar-refractivity contribution is 8.26. The Bertz CT molecular complexity index is 1100. The average molecular weight is 509 g/mol. The minimum atomic E-state index is -0.426. The van der Waals surface area contributed by atoms with Crippen molar-refractivity contribution in [3.05, 3.63) is 68.5 Å². The summed E-state index contributed by atoms with van der Waals surface area (Å²) >= 11 is 18.6. The van der Waals surface area contributed by atoms with Gasteiger partial charge in [0.1, 0.15) is 4.32 Å². The number of carbonyl (C=O) groups excluding carboxylic acids is 3. The Labute approximate surface area is 204 Å². The maximum Gasteiger partial charge on any atom is 0.337 e. The zero-order chi connectivity index (χ0) is 23.3. The first-order valence-corrected chi connectivity index (χ1v) is 11.5. The monoisotopic (exact) mass is 508 g/mol. The fourth-order valence-electron chi connectivity index (χ4n) is 2.89. The summed E-state index contributed by atoms with van der Waals surface area (Å²) in [5.41, 5.74) is 1.63. The van der Waals surface area contributed by atoms with Gasteiger partial charge in [-0.15, -0.1) is 0 Å². The lowest BCUT2D eigenvalue weighted by Crippen LogP contribution is -2.29. The highest BCUT2D eigenvalue weighted by atomic mass is 35.5. The number of thiocarbonyl (C=S) groups is 1.